The zero-order valence-electron chi connectivity index (χ0n) is 12.4. The van der Waals surface area contributed by atoms with Crippen molar-refractivity contribution < 1.29 is 14.3 Å². The molecule has 110 valence electrons. The van der Waals surface area contributed by atoms with E-state index in [1.54, 1.807) is 6.92 Å². The highest BCUT2D eigenvalue weighted by atomic mass is 16.5. The smallest absolute Gasteiger partial charge is 0.408 e. The number of rotatable bonds is 7. The maximum atomic E-state index is 11.9. The fourth-order valence-corrected chi connectivity index (χ4v) is 1.89. The fraction of sp³-hybridized carbons (Fsp3) is 0.500. The molecule has 0 spiro atoms. The van der Waals surface area contributed by atoms with E-state index in [0.29, 0.717) is 6.42 Å². The Hall–Kier alpha value is -1.84. The summed E-state index contributed by atoms with van der Waals surface area (Å²) in [6.07, 6.45) is 0.699. The van der Waals surface area contributed by atoms with E-state index in [4.69, 9.17) is 4.74 Å². The van der Waals surface area contributed by atoms with Crippen LogP contribution in [-0.4, -0.2) is 17.9 Å². The van der Waals surface area contributed by atoms with Crippen molar-refractivity contribution in [3.63, 3.8) is 0 Å². The average molecular weight is 277 g/mol. The van der Waals surface area contributed by atoms with Gasteiger partial charge in [0.15, 0.2) is 5.78 Å². The predicted octanol–water partition coefficient (Wildman–Crippen LogP) is 3.31. The Kier molecular flexibility index (Phi) is 6.77. The maximum Gasteiger partial charge on any atom is 0.408 e. The van der Waals surface area contributed by atoms with E-state index in [1.165, 1.54) is 0 Å². The minimum atomic E-state index is -0.541. The number of ketones is 1. The van der Waals surface area contributed by atoms with Crippen molar-refractivity contribution in [2.24, 2.45) is 5.92 Å². The lowest BCUT2D eigenvalue weighted by molar-refractivity contribution is -0.121. The molecule has 0 fully saturated rings. The third-order valence-electron chi connectivity index (χ3n) is 3.39. The van der Waals surface area contributed by atoms with Crippen LogP contribution in [-0.2, 0) is 16.1 Å². The zero-order chi connectivity index (χ0) is 15.0. The average Bonchev–Trinajstić information content (AvgIpc) is 2.50. The Bertz CT molecular complexity index is 431. The molecule has 0 aromatic heterocycles. The van der Waals surface area contributed by atoms with Crippen LogP contribution in [0.5, 0.6) is 0 Å². The molecule has 4 heteroatoms. The first kappa shape index (κ1) is 16.2. The first-order valence-electron chi connectivity index (χ1n) is 7.08. The Labute approximate surface area is 120 Å². The third-order valence-corrected chi connectivity index (χ3v) is 3.39. The van der Waals surface area contributed by atoms with Crippen molar-refractivity contribution in [2.45, 2.75) is 46.3 Å². The fourth-order valence-electron chi connectivity index (χ4n) is 1.89. The van der Waals surface area contributed by atoms with Crippen molar-refractivity contribution in [1.82, 2.24) is 5.32 Å². The largest absolute Gasteiger partial charge is 0.445 e. The van der Waals surface area contributed by atoms with Gasteiger partial charge in [-0.2, -0.15) is 0 Å². The number of hydrogen-bond donors (Lipinski definition) is 1. The highest BCUT2D eigenvalue weighted by Gasteiger charge is 2.24. The maximum absolute atomic E-state index is 11.9. The molecule has 0 bridgehead atoms. The number of carbonyl (C=O) groups excluding carboxylic acids is 2. The lowest BCUT2D eigenvalue weighted by Gasteiger charge is -2.22. The van der Waals surface area contributed by atoms with E-state index < -0.39 is 12.1 Å². The van der Waals surface area contributed by atoms with Crippen LogP contribution in [0.1, 0.15) is 39.2 Å². The molecule has 0 heterocycles. The first-order chi connectivity index (χ1) is 9.58. The minimum absolute atomic E-state index is 0.0380. The van der Waals surface area contributed by atoms with Gasteiger partial charge in [-0.25, -0.2) is 4.79 Å². The van der Waals surface area contributed by atoms with Crippen LogP contribution in [0, 0.1) is 5.92 Å². The molecule has 1 rings (SSSR count). The minimum Gasteiger partial charge on any atom is -0.445 e. The number of Topliss-reactive ketones (excluding diaryl/α,β-unsaturated/α-hetero) is 1. The van der Waals surface area contributed by atoms with Crippen LogP contribution < -0.4 is 5.32 Å². The monoisotopic (exact) mass is 277 g/mol. The normalized spacial score (nSPS) is 13.3. The van der Waals surface area contributed by atoms with Gasteiger partial charge in [-0.3, -0.25) is 4.79 Å². The van der Waals surface area contributed by atoms with Crippen LogP contribution >= 0.6 is 0 Å². The second-order valence-electron chi connectivity index (χ2n) is 4.89. The summed E-state index contributed by atoms with van der Waals surface area (Å²) in [5.41, 5.74) is 0.921. The number of hydrogen-bond acceptors (Lipinski definition) is 3. The summed E-state index contributed by atoms with van der Waals surface area (Å²) in [7, 11) is 0. The first-order valence-corrected chi connectivity index (χ1v) is 7.08. The molecule has 1 aromatic carbocycles. The summed E-state index contributed by atoms with van der Waals surface area (Å²) in [4.78, 5) is 23.6. The molecule has 0 unspecified atom stereocenters. The third kappa shape index (κ3) is 5.03. The van der Waals surface area contributed by atoms with Gasteiger partial charge in [0, 0.05) is 6.42 Å². The van der Waals surface area contributed by atoms with Crippen molar-refractivity contribution in [2.75, 3.05) is 0 Å². The number of alkyl carbamates (subject to hydrolysis) is 1. The van der Waals surface area contributed by atoms with Crippen molar-refractivity contribution in [3.05, 3.63) is 35.9 Å². The van der Waals surface area contributed by atoms with Gasteiger partial charge in [0.05, 0.1) is 6.04 Å². The van der Waals surface area contributed by atoms with E-state index in [-0.39, 0.29) is 18.3 Å². The SMILES string of the molecule is CCC(=O)[C@H](NC(=O)OCc1ccccc1)[C@H](C)CC. The molecular formula is C16H23NO3. The molecule has 0 saturated heterocycles. The second kappa shape index (κ2) is 8.35. The quantitative estimate of drug-likeness (QED) is 0.832. The molecule has 0 aliphatic carbocycles. The molecule has 1 N–H and O–H groups in total. The second-order valence-corrected chi connectivity index (χ2v) is 4.89. The van der Waals surface area contributed by atoms with Crippen molar-refractivity contribution in [1.29, 1.82) is 0 Å². The van der Waals surface area contributed by atoms with Gasteiger partial charge in [0.25, 0.3) is 0 Å². The molecule has 20 heavy (non-hydrogen) atoms. The summed E-state index contributed by atoms with van der Waals surface area (Å²) in [5, 5.41) is 2.68. The van der Waals surface area contributed by atoms with Gasteiger partial charge >= 0.3 is 6.09 Å². The lowest BCUT2D eigenvalue weighted by Crippen LogP contribution is -2.45. The number of benzene rings is 1. The zero-order valence-corrected chi connectivity index (χ0v) is 12.4. The molecule has 0 aliphatic rings. The van der Waals surface area contributed by atoms with Crippen molar-refractivity contribution in [3.8, 4) is 0 Å². The molecule has 0 saturated carbocycles. The number of amides is 1. The van der Waals surface area contributed by atoms with Gasteiger partial charge in [-0.05, 0) is 11.5 Å². The van der Waals surface area contributed by atoms with Gasteiger partial charge in [-0.15, -0.1) is 0 Å². The molecule has 1 amide bonds. The highest BCUT2D eigenvalue weighted by Crippen LogP contribution is 2.11. The van der Waals surface area contributed by atoms with E-state index in [2.05, 4.69) is 5.32 Å². The number of ether oxygens (including phenoxy) is 1. The van der Waals surface area contributed by atoms with E-state index in [1.807, 2.05) is 44.2 Å². The Morgan fingerprint density at radius 3 is 2.40 bits per heavy atom. The highest BCUT2D eigenvalue weighted by molar-refractivity contribution is 5.87. The number of nitrogens with one attached hydrogen (secondary N) is 1. The molecule has 2 atom stereocenters. The topological polar surface area (TPSA) is 55.4 Å². The van der Waals surface area contributed by atoms with Gasteiger partial charge in [0.1, 0.15) is 6.61 Å². The lowest BCUT2D eigenvalue weighted by atomic mass is 9.94. The van der Waals surface area contributed by atoms with E-state index in [0.717, 1.165) is 12.0 Å². The molecule has 0 radical (unpaired) electrons. The van der Waals surface area contributed by atoms with Crippen LogP contribution in [0.3, 0.4) is 0 Å². The predicted molar refractivity (Wildman–Crippen MR) is 78.3 cm³/mol. The summed E-state index contributed by atoms with van der Waals surface area (Å²) in [5.74, 6) is 0.141. The summed E-state index contributed by atoms with van der Waals surface area (Å²) < 4.78 is 5.15. The Balaban J connectivity index is 2.51. The number of carbonyl (C=O) groups is 2. The van der Waals surface area contributed by atoms with Crippen LogP contribution in [0.25, 0.3) is 0 Å². The Morgan fingerprint density at radius 1 is 1.20 bits per heavy atom. The van der Waals surface area contributed by atoms with Crippen LogP contribution in [0.4, 0.5) is 4.79 Å². The van der Waals surface area contributed by atoms with Gasteiger partial charge < -0.3 is 10.1 Å². The molecule has 0 aliphatic heterocycles. The Morgan fingerprint density at radius 2 is 1.85 bits per heavy atom. The van der Waals surface area contributed by atoms with Crippen molar-refractivity contribution >= 4 is 11.9 Å². The molecule has 4 nitrogen and oxygen atoms in total. The molecule has 1 aromatic rings. The standard InChI is InChI=1S/C16H23NO3/c1-4-12(3)15(14(18)5-2)17-16(19)20-11-13-9-7-6-8-10-13/h6-10,12,15H,4-5,11H2,1-3H3,(H,17,19)/t12-,15-/m1/s1. The summed E-state index contributed by atoms with van der Waals surface area (Å²) in [6.45, 7) is 5.96. The van der Waals surface area contributed by atoms with Crippen LogP contribution in [0.15, 0.2) is 30.3 Å². The summed E-state index contributed by atoms with van der Waals surface area (Å²) in [6, 6.07) is 8.99. The van der Waals surface area contributed by atoms with E-state index in [9.17, 15) is 9.59 Å². The van der Waals surface area contributed by atoms with E-state index >= 15 is 0 Å². The van der Waals surface area contributed by atoms with Crippen LogP contribution in [0.2, 0.25) is 0 Å². The van der Waals surface area contributed by atoms with Gasteiger partial charge in [-0.1, -0.05) is 57.5 Å². The van der Waals surface area contributed by atoms with Gasteiger partial charge in [0.2, 0.25) is 0 Å². The molecular weight excluding hydrogens is 254 g/mol. The summed E-state index contributed by atoms with van der Waals surface area (Å²) >= 11 is 0.